The molecule has 5 heteroatoms. The third-order valence-corrected chi connectivity index (χ3v) is 3.41. The smallest absolute Gasteiger partial charge is 0.343 e. The van der Waals surface area contributed by atoms with Gasteiger partial charge in [-0.1, -0.05) is 0 Å². The molecule has 0 unspecified atom stereocenters. The van der Waals surface area contributed by atoms with Gasteiger partial charge in [0, 0.05) is 23.2 Å². The van der Waals surface area contributed by atoms with Crippen LogP contribution in [-0.2, 0) is 16.9 Å². The van der Waals surface area contributed by atoms with E-state index in [-0.39, 0.29) is 11.0 Å². The van der Waals surface area contributed by atoms with E-state index in [1.165, 1.54) is 13.3 Å². The summed E-state index contributed by atoms with van der Waals surface area (Å²) >= 11 is 1.71. The molecule has 0 saturated heterocycles. The maximum Gasteiger partial charge on any atom is 0.343 e. The molecule has 2 rings (SSSR count). The fourth-order valence-electron chi connectivity index (χ4n) is 1.60. The predicted molar refractivity (Wildman–Crippen MR) is 58.3 cm³/mol. The summed E-state index contributed by atoms with van der Waals surface area (Å²) in [7, 11) is 1.27. The first-order valence-electron chi connectivity index (χ1n) is 4.63. The fraction of sp³-hybridized carbons (Fsp3) is 0.400. The number of aromatic amines is 1. The van der Waals surface area contributed by atoms with Crippen LogP contribution in [-0.4, -0.2) is 23.8 Å². The number of ether oxygens (including phenoxy) is 1. The van der Waals surface area contributed by atoms with Crippen LogP contribution in [0.25, 0.3) is 0 Å². The van der Waals surface area contributed by atoms with Crippen LogP contribution < -0.4 is 5.43 Å². The average molecular weight is 225 g/mol. The number of hydrogen-bond donors (Lipinski definition) is 1. The van der Waals surface area contributed by atoms with Crippen LogP contribution in [0.1, 0.15) is 21.6 Å². The number of methoxy groups -OCH3 is 1. The first-order valence-corrected chi connectivity index (χ1v) is 5.79. The Morgan fingerprint density at radius 3 is 3.13 bits per heavy atom. The van der Waals surface area contributed by atoms with Gasteiger partial charge < -0.3 is 9.72 Å². The highest BCUT2D eigenvalue weighted by atomic mass is 32.2. The van der Waals surface area contributed by atoms with E-state index < -0.39 is 5.97 Å². The Morgan fingerprint density at radius 2 is 2.40 bits per heavy atom. The van der Waals surface area contributed by atoms with E-state index in [0.717, 1.165) is 17.9 Å². The second kappa shape index (κ2) is 4.10. The van der Waals surface area contributed by atoms with Crippen molar-refractivity contribution in [2.75, 3.05) is 12.9 Å². The third kappa shape index (κ3) is 1.79. The molecule has 0 aromatic carbocycles. The van der Waals surface area contributed by atoms with Crippen molar-refractivity contribution in [3.05, 3.63) is 33.2 Å². The van der Waals surface area contributed by atoms with Crippen LogP contribution in [0.4, 0.5) is 0 Å². The van der Waals surface area contributed by atoms with Crippen molar-refractivity contribution < 1.29 is 9.53 Å². The molecule has 0 saturated carbocycles. The minimum Gasteiger partial charge on any atom is -0.465 e. The molecule has 0 spiro atoms. The number of carbonyl (C=O) groups excluding carboxylic acids is 1. The summed E-state index contributed by atoms with van der Waals surface area (Å²) in [5.74, 6) is 1.12. The van der Waals surface area contributed by atoms with Gasteiger partial charge in [-0.25, -0.2) is 4.79 Å². The number of esters is 1. The predicted octanol–water partition coefficient (Wildman–Crippen LogP) is 0.951. The Bertz CT molecular complexity index is 452. The van der Waals surface area contributed by atoms with Crippen molar-refractivity contribution in [1.29, 1.82) is 0 Å². The van der Waals surface area contributed by atoms with Crippen LogP contribution in [0, 0.1) is 0 Å². The molecule has 2 heterocycles. The molecule has 0 amide bonds. The number of thioether (sulfide) groups is 1. The van der Waals surface area contributed by atoms with E-state index in [1.54, 1.807) is 11.8 Å². The molecule has 80 valence electrons. The van der Waals surface area contributed by atoms with Crippen molar-refractivity contribution in [1.82, 2.24) is 4.98 Å². The molecule has 0 fully saturated rings. The molecular weight excluding hydrogens is 214 g/mol. The number of fused-ring (bicyclic) bond motifs is 1. The van der Waals surface area contributed by atoms with Gasteiger partial charge in [-0.2, -0.15) is 11.8 Å². The molecule has 4 nitrogen and oxygen atoms in total. The van der Waals surface area contributed by atoms with Crippen molar-refractivity contribution in [3.63, 3.8) is 0 Å². The Hall–Kier alpha value is -1.23. The van der Waals surface area contributed by atoms with Gasteiger partial charge in [0.05, 0.1) is 7.11 Å². The standard InChI is InChI=1S/C10H11NO3S/c1-14-10(13)6-4-11-8-2-3-15-5-7(8)9(6)12/h4H,2-3,5H2,1H3,(H,11,12). The number of H-pyrrole nitrogens is 1. The van der Waals surface area contributed by atoms with Crippen LogP contribution in [0.5, 0.6) is 0 Å². The van der Waals surface area contributed by atoms with Crippen LogP contribution in [0.2, 0.25) is 0 Å². The zero-order valence-electron chi connectivity index (χ0n) is 8.33. The summed E-state index contributed by atoms with van der Waals surface area (Å²) < 4.78 is 4.54. The quantitative estimate of drug-likeness (QED) is 0.723. The van der Waals surface area contributed by atoms with E-state index in [9.17, 15) is 9.59 Å². The third-order valence-electron chi connectivity index (χ3n) is 2.42. The minimum atomic E-state index is -0.574. The first kappa shape index (κ1) is 10.3. The molecular formula is C10H11NO3S. The highest BCUT2D eigenvalue weighted by molar-refractivity contribution is 7.98. The van der Waals surface area contributed by atoms with Gasteiger partial charge in [-0.05, 0) is 12.2 Å². The van der Waals surface area contributed by atoms with Gasteiger partial charge in [0.25, 0.3) is 0 Å². The second-order valence-electron chi connectivity index (χ2n) is 3.28. The minimum absolute atomic E-state index is 0.0961. The zero-order chi connectivity index (χ0) is 10.8. The monoisotopic (exact) mass is 225 g/mol. The Kier molecular flexibility index (Phi) is 2.81. The molecule has 1 aromatic rings. The van der Waals surface area contributed by atoms with Gasteiger partial charge in [0.2, 0.25) is 0 Å². The number of pyridine rings is 1. The number of carbonyl (C=O) groups is 1. The lowest BCUT2D eigenvalue weighted by Gasteiger charge is -2.14. The van der Waals surface area contributed by atoms with Crippen molar-refractivity contribution in [2.45, 2.75) is 12.2 Å². The number of rotatable bonds is 1. The van der Waals surface area contributed by atoms with Gasteiger partial charge in [0.1, 0.15) is 5.56 Å². The SMILES string of the molecule is COC(=O)c1c[nH]c2c(c1=O)CSCC2. The lowest BCUT2D eigenvalue weighted by Crippen LogP contribution is -2.24. The number of aromatic nitrogens is 1. The highest BCUT2D eigenvalue weighted by Gasteiger charge is 2.19. The summed E-state index contributed by atoms with van der Waals surface area (Å²) in [5.41, 5.74) is 1.57. The molecule has 1 aromatic heterocycles. The molecule has 1 N–H and O–H groups in total. The van der Waals surface area contributed by atoms with E-state index in [4.69, 9.17) is 0 Å². The van der Waals surface area contributed by atoms with Crippen molar-refractivity contribution in [3.8, 4) is 0 Å². The second-order valence-corrected chi connectivity index (χ2v) is 4.39. The topological polar surface area (TPSA) is 59.2 Å². The molecule has 1 aliphatic rings. The van der Waals surface area contributed by atoms with Crippen LogP contribution >= 0.6 is 11.8 Å². The lowest BCUT2D eigenvalue weighted by molar-refractivity contribution is 0.0598. The Labute approximate surface area is 91.0 Å². The van der Waals surface area contributed by atoms with Crippen LogP contribution in [0.3, 0.4) is 0 Å². The largest absolute Gasteiger partial charge is 0.465 e. The summed E-state index contributed by atoms with van der Waals surface area (Å²) in [6.45, 7) is 0. The summed E-state index contributed by atoms with van der Waals surface area (Å²) in [5, 5.41) is 0. The summed E-state index contributed by atoms with van der Waals surface area (Å²) in [6.07, 6.45) is 2.31. The van der Waals surface area contributed by atoms with Gasteiger partial charge in [-0.15, -0.1) is 0 Å². The van der Waals surface area contributed by atoms with E-state index in [0.29, 0.717) is 11.3 Å². The van der Waals surface area contributed by atoms with Gasteiger partial charge in [-0.3, -0.25) is 4.79 Å². The van der Waals surface area contributed by atoms with E-state index in [1.807, 2.05) is 0 Å². The molecule has 0 atom stereocenters. The van der Waals surface area contributed by atoms with Gasteiger partial charge >= 0.3 is 5.97 Å². The summed E-state index contributed by atoms with van der Waals surface area (Å²) in [6, 6.07) is 0. The molecule has 0 bridgehead atoms. The Morgan fingerprint density at radius 1 is 1.60 bits per heavy atom. The summed E-state index contributed by atoms with van der Waals surface area (Å²) in [4.78, 5) is 26.2. The van der Waals surface area contributed by atoms with Crippen molar-refractivity contribution >= 4 is 17.7 Å². The molecule has 0 aliphatic carbocycles. The van der Waals surface area contributed by atoms with Crippen LogP contribution in [0.15, 0.2) is 11.0 Å². The van der Waals surface area contributed by atoms with E-state index in [2.05, 4.69) is 9.72 Å². The average Bonchev–Trinajstić information content (AvgIpc) is 2.29. The Balaban J connectivity index is 2.53. The van der Waals surface area contributed by atoms with E-state index >= 15 is 0 Å². The normalized spacial score (nSPS) is 14.5. The maximum atomic E-state index is 11.9. The lowest BCUT2D eigenvalue weighted by atomic mass is 10.1. The zero-order valence-corrected chi connectivity index (χ0v) is 9.15. The maximum absolute atomic E-state index is 11.9. The molecule has 15 heavy (non-hydrogen) atoms. The number of nitrogens with one attached hydrogen (secondary N) is 1. The first-order chi connectivity index (χ1) is 7.24. The molecule has 1 aliphatic heterocycles. The fourth-order valence-corrected chi connectivity index (χ4v) is 2.60. The highest BCUT2D eigenvalue weighted by Crippen LogP contribution is 2.20. The van der Waals surface area contributed by atoms with Crippen molar-refractivity contribution in [2.24, 2.45) is 0 Å². The van der Waals surface area contributed by atoms with Gasteiger partial charge in [0.15, 0.2) is 5.43 Å². The number of aryl methyl sites for hydroxylation is 1. The number of hydrogen-bond acceptors (Lipinski definition) is 4. The molecule has 0 radical (unpaired) electrons.